The summed E-state index contributed by atoms with van der Waals surface area (Å²) in [5, 5.41) is 1.61. The first-order valence-electron chi connectivity index (χ1n) is 8.52. The molecule has 0 bridgehead atoms. The van der Waals surface area contributed by atoms with E-state index >= 15 is 0 Å². The lowest BCUT2D eigenvalue weighted by Gasteiger charge is -2.18. The van der Waals surface area contributed by atoms with Gasteiger partial charge >= 0.3 is 0 Å². The minimum absolute atomic E-state index is 0.129. The highest BCUT2D eigenvalue weighted by Crippen LogP contribution is 2.40. The molecule has 0 saturated carbocycles. The molecule has 0 aliphatic heterocycles. The van der Waals surface area contributed by atoms with Gasteiger partial charge in [-0.15, -0.1) is 0 Å². The molecule has 0 spiro atoms. The molecular formula is C22H22ClNO2. The lowest BCUT2D eigenvalue weighted by atomic mass is 9.90. The van der Waals surface area contributed by atoms with Crippen molar-refractivity contribution in [3.05, 3.63) is 68.0 Å². The number of benzene rings is 2. The summed E-state index contributed by atoms with van der Waals surface area (Å²) >= 11 is 6.28. The molecule has 3 rings (SSSR count). The summed E-state index contributed by atoms with van der Waals surface area (Å²) in [6, 6.07) is 7.51. The second-order valence-corrected chi connectivity index (χ2v) is 6.89. The van der Waals surface area contributed by atoms with Crippen molar-refractivity contribution in [2.24, 2.45) is 0 Å². The highest BCUT2D eigenvalue weighted by molar-refractivity contribution is 6.31. The summed E-state index contributed by atoms with van der Waals surface area (Å²) in [5.74, 6) is 0.685. The van der Waals surface area contributed by atoms with Gasteiger partial charge in [-0.05, 0) is 68.7 Å². The lowest BCUT2D eigenvalue weighted by Crippen LogP contribution is -2.13. The average Bonchev–Trinajstić information content (AvgIpc) is 2.61. The van der Waals surface area contributed by atoms with Gasteiger partial charge in [-0.2, -0.15) is 0 Å². The fourth-order valence-corrected chi connectivity index (χ4v) is 3.59. The van der Waals surface area contributed by atoms with Crippen molar-refractivity contribution in [3.8, 4) is 16.9 Å². The van der Waals surface area contributed by atoms with Crippen LogP contribution < -0.4 is 10.3 Å². The molecule has 134 valence electrons. The fraction of sp³-hybridized carbons (Fsp3) is 0.227. The van der Waals surface area contributed by atoms with E-state index in [1.54, 1.807) is 13.2 Å². The van der Waals surface area contributed by atoms with Gasteiger partial charge in [-0.3, -0.25) is 4.79 Å². The van der Waals surface area contributed by atoms with Crippen molar-refractivity contribution in [2.75, 3.05) is 7.11 Å². The van der Waals surface area contributed by atoms with E-state index in [4.69, 9.17) is 16.3 Å². The number of aromatic nitrogens is 1. The van der Waals surface area contributed by atoms with Crippen LogP contribution >= 0.6 is 11.6 Å². The number of hydrogen-bond donors (Lipinski definition) is 1. The molecule has 4 heteroatoms. The van der Waals surface area contributed by atoms with Crippen molar-refractivity contribution in [1.29, 1.82) is 0 Å². The molecule has 0 amide bonds. The molecule has 0 radical (unpaired) electrons. The van der Waals surface area contributed by atoms with E-state index in [1.807, 2.05) is 37.3 Å². The van der Waals surface area contributed by atoms with Crippen LogP contribution in [0.1, 0.15) is 29.2 Å². The summed E-state index contributed by atoms with van der Waals surface area (Å²) in [7, 11) is 1.62. The number of hydrogen-bond acceptors (Lipinski definition) is 2. The first-order chi connectivity index (χ1) is 12.4. The van der Waals surface area contributed by atoms with E-state index in [2.05, 4.69) is 25.8 Å². The maximum absolute atomic E-state index is 12.8. The van der Waals surface area contributed by atoms with E-state index in [0.29, 0.717) is 16.3 Å². The maximum atomic E-state index is 12.8. The third-order valence-corrected chi connectivity index (χ3v) is 5.17. The Labute approximate surface area is 158 Å². The monoisotopic (exact) mass is 367 g/mol. The van der Waals surface area contributed by atoms with E-state index in [0.717, 1.165) is 33.2 Å². The van der Waals surface area contributed by atoms with Gasteiger partial charge in [0.15, 0.2) is 0 Å². The van der Waals surface area contributed by atoms with E-state index < -0.39 is 0 Å². The Morgan fingerprint density at radius 2 is 1.85 bits per heavy atom. The zero-order chi connectivity index (χ0) is 19.0. The van der Waals surface area contributed by atoms with Crippen LogP contribution in [0.3, 0.4) is 0 Å². The minimum Gasteiger partial charge on any atom is -0.496 e. The first-order valence-corrected chi connectivity index (χ1v) is 8.90. The lowest BCUT2D eigenvalue weighted by molar-refractivity contribution is 0.416. The van der Waals surface area contributed by atoms with Crippen LogP contribution in [0, 0.1) is 20.8 Å². The molecule has 2 aromatic carbocycles. The number of H-pyrrole nitrogens is 1. The first kappa shape index (κ1) is 18.3. The third kappa shape index (κ3) is 2.93. The molecule has 0 saturated heterocycles. The van der Waals surface area contributed by atoms with Crippen molar-refractivity contribution in [2.45, 2.75) is 27.7 Å². The van der Waals surface area contributed by atoms with Gasteiger partial charge < -0.3 is 9.72 Å². The molecule has 0 unspecified atom stereocenters. The Kier molecular flexibility index (Phi) is 4.92. The smallest absolute Gasteiger partial charge is 0.256 e. The van der Waals surface area contributed by atoms with Gasteiger partial charge in [0.2, 0.25) is 0 Å². The van der Waals surface area contributed by atoms with Crippen LogP contribution in [0.25, 0.3) is 28.1 Å². The molecule has 0 aliphatic rings. The van der Waals surface area contributed by atoms with Crippen LogP contribution in [-0.2, 0) is 0 Å². The number of halogens is 1. The molecule has 3 nitrogen and oxygen atoms in total. The van der Waals surface area contributed by atoms with Gasteiger partial charge in [-0.25, -0.2) is 0 Å². The van der Waals surface area contributed by atoms with Crippen LogP contribution in [0.4, 0.5) is 0 Å². The molecule has 0 atom stereocenters. The number of pyridine rings is 1. The molecule has 1 N–H and O–H groups in total. The molecule has 1 aromatic heterocycles. The van der Waals surface area contributed by atoms with Gasteiger partial charge in [-0.1, -0.05) is 23.8 Å². The van der Waals surface area contributed by atoms with Crippen molar-refractivity contribution in [3.63, 3.8) is 0 Å². The standard InChI is InChI=1S/C22H22ClNO2/c1-6-7-16-21(17-11-15(23)8-9-19(17)26-5)20-14(4)13(3)12(2)10-18(20)24-22(16)25/h6-11H,1-5H3,(H,24,25). The molecular weight excluding hydrogens is 346 g/mol. The molecule has 0 aliphatic carbocycles. The predicted octanol–water partition coefficient (Wildman–Crippen LogP) is 5.82. The topological polar surface area (TPSA) is 42.1 Å². The number of ether oxygens (including phenoxy) is 1. The number of aryl methyl sites for hydroxylation is 2. The largest absolute Gasteiger partial charge is 0.496 e. The fourth-order valence-electron chi connectivity index (χ4n) is 3.42. The summed E-state index contributed by atoms with van der Waals surface area (Å²) in [6.07, 6.45) is 3.70. The Hall–Kier alpha value is -2.52. The van der Waals surface area contributed by atoms with Crippen LogP contribution in [0.2, 0.25) is 5.02 Å². The Morgan fingerprint density at radius 1 is 1.12 bits per heavy atom. The summed E-state index contributed by atoms with van der Waals surface area (Å²) in [6.45, 7) is 8.14. The Bertz CT molecular complexity index is 1090. The average molecular weight is 368 g/mol. The summed E-state index contributed by atoms with van der Waals surface area (Å²) in [5.41, 5.74) is 6.45. The van der Waals surface area contributed by atoms with Crippen LogP contribution in [-0.4, -0.2) is 12.1 Å². The van der Waals surface area contributed by atoms with E-state index in [9.17, 15) is 4.79 Å². The number of nitrogens with one attached hydrogen (secondary N) is 1. The SMILES string of the molecule is CC=Cc1c(-c2cc(Cl)ccc2OC)c2c(C)c(C)c(C)cc2[nH]c1=O. The summed E-state index contributed by atoms with van der Waals surface area (Å²) < 4.78 is 5.58. The van der Waals surface area contributed by atoms with Gasteiger partial charge in [0.05, 0.1) is 7.11 Å². The quantitative estimate of drug-likeness (QED) is 0.634. The molecule has 0 fully saturated rings. The van der Waals surface area contributed by atoms with Crippen molar-refractivity contribution in [1.82, 2.24) is 4.98 Å². The number of methoxy groups -OCH3 is 1. The third-order valence-electron chi connectivity index (χ3n) is 4.94. The highest BCUT2D eigenvalue weighted by Gasteiger charge is 2.19. The number of allylic oxidation sites excluding steroid dienone is 1. The van der Waals surface area contributed by atoms with E-state index in [1.165, 1.54) is 5.56 Å². The number of fused-ring (bicyclic) bond motifs is 1. The van der Waals surface area contributed by atoms with Crippen molar-refractivity contribution >= 4 is 28.6 Å². The molecule has 1 heterocycles. The molecule has 3 aromatic rings. The number of aromatic amines is 1. The highest BCUT2D eigenvalue weighted by atomic mass is 35.5. The normalized spacial score (nSPS) is 11.5. The zero-order valence-corrected chi connectivity index (χ0v) is 16.4. The Morgan fingerprint density at radius 3 is 2.50 bits per heavy atom. The van der Waals surface area contributed by atoms with Gasteiger partial charge in [0.1, 0.15) is 5.75 Å². The van der Waals surface area contributed by atoms with E-state index in [-0.39, 0.29) is 5.56 Å². The summed E-state index contributed by atoms with van der Waals surface area (Å²) in [4.78, 5) is 15.9. The minimum atomic E-state index is -0.129. The second kappa shape index (κ2) is 7.00. The zero-order valence-electron chi connectivity index (χ0n) is 15.7. The number of rotatable bonds is 3. The van der Waals surface area contributed by atoms with Gasteiger partial charge in [0.25, 0.3) is 5.56 Å². The van der Waals surface area contributed by atoms with Crippen LogP contribution in [0.5, 0.6) is 5.75 Å². The van der Waals surface area contributed by atoms with Gasteiger partial charge in [0, 0.05) is 32.6 Å². The second-order valence-electron chi connectivity index (χ2n) is 6.45. The predicted molar refractivity (Wildman–Crippen MR) is 110 cm³/mol. The maximum Gasteiger partial charge on any atom is 0.256 e. The Balaban J connectivity index is 2.62. The van der Waals surface area contributed by atoms with Crippen molar-refractivity contribution < 1.29 is 4.74 Å². The molecule has 26 heavy (non-hydrogen) atoms. The van der Waals surface area contributed by atoms with Crippen LogP contribution in [0.15, 0.2) is 35.1 Å².